The average molecular weight is 429 g/mol. The molecule has 1 aromatic carbocycles. The highest BCUT2D eigenvalue weighted by molar-refractivity contribution is 14.0. The second kappa shape index (κ2) is 8.76. The summed E-state index contributed by atoms with van der Waals surface area (Å²) < 4.78 is 6.05. The van der Waals surface area contributed by atoms with Crippen LogP contribution in [0.3, 0.4) is 0 Å². The first-order valence-corrected chi connectivity index (χ1v) is 8.52. The Hall–Kier alpha value is -0.980. The van der Waals surface area contributed by atoms with Gasteiger partial charge in [0, 0.05) is 18.7 Å². The molecule has 0 radical (unpaired) electrons. The van der Waals surface area contributed by atoms with Gasteiger partial charge in [-0.25, -0.2) is 4.99 Å². The van der Waals surface area contributed by atoms with E-state index in [1.165, 1.54) is 32.1 Å². The van der Waals surface area contributed by atoms with Gasteiger partial charge in [0.25, 0.3) is 0 Å². The Morgan fingerprint density at radius 2 is 2.04 bits per heavy atom. The van der Waals surface area contributed by atoms with Gasteiger partial charge in [-0.15, -0.1) is 24.0 Å². The van der Waals surface area contributed by atoms with Crippen molar-refractivity contribution in [2.45, 2.75) is 51.7 Å². The number of hydrogen-bond donors (Lipinski definition) is 1. The predicted molar refractivity (Wildman–Crippen MR) is 105 cm³/mol. The molecular formula is C18H28IN3O. The van der Waals surface area contributed by atoms with Crippen LogP contribution in [0, 0.1) is 5.92 Å². The largest absolute Gasteiger partial charge is 0.490 e. The molecule has 5 heteroatoms. The molecule has 0 spiro atoms. The van der Waals surface area contributed by atoms with Gasteiger partial charge < -0.3 is 15.4 Å². The molecule has 2 aliphatic rings. The molecule has 0 amide bonds. The molecule has 1 saturated carbocycles. The SMILES string of the molecule is CC1CCCN(C(N)=NCc2ccccc2OC2CCC2)C1.I. The highest BCUT2D eigenvalue weighted by atomic mass is 127. The van der Waals surface area contributed by atoms with Crippen molar-refractivity contribution >= 4 is 29.9 Å². The van der Waals surface area contributed by atoms with Crippen molar-refractivity contribution in [1.29, 1.82) is 0 Å². The molecule has 1 saturated heterocycles. The molecule has 23 heavy (non-hydrogen) atoms. The van der Waals surface area contributed by atoms with Crippen LogP contribution < -0.4 is 10.5 Å². The van der Waals surface area contributed by atoms with Crippen molar-refractivity contribution in [2.24, 2.45) is 16.6 Å². The first kappa shape index (κ1) is 18.4. The Bertz CT molecular complexity index is 531. The number of nitrogens with two attached hydrogens (primary N) is 1. The van der Waals surface area contributed by atoms with Gasteiger partial charge >= 0.3 is 0 Å². The minimum absolute atomic E-state index is 0. The zero-order chi connectivity index (χ0) is 15.4. The van der Waals surface area contributed by atoms with Gasteiger partial charge in [0.15, 0.2) is 5.96 Å². The number of ether oxygens (including phenoxy) is 1. The summed E-state index contributed by atoms with van der Waals surface area (Å²) in [6.07, 6.45) is 6.52. The maximum atomic E-state index is 6.18. The smallest absolute Gasteiger partial charge is 0.191 e. The van der Waals surface area contributed by atoms with Crippen LogP contribution in [0.2, 0.25) is 0 Å². The van der Waals surface area contributed by atoms with Crippen molar-refractivity contribution in [3.63, 3.8) is 0 Å². The first-order valence-electron chi connectivity index (χ1n) is 8.52. The minimum Gasteiger partial charge on any atom is -0.490 e. The van der Waals surface area contributed by atoms with E-state index in [1.807, 2.05) is 18.2 Å². The molecule has 1 heterocycles. The summed E-state index contributed by atoms with van der Waals surface area (Å²) in [5, 5.41) is 0. The Morgan fingerprint density at radius 1 is 1.26 bits per heavy atom. The molecule has 0 aromatic heterocycles. The molecule has 1 aliphatic heterocycles. The van der Waals surface area contributed by atoms with E-state index in [4.69, 9.17) is 10.5 Å². The summed E-state index contributed by atoms with van der Waals surface area (Å²) in [5.74, 6) is 2.34. The van der Waals surface area contributed by atoms with Crippen molar-refractivity contribution < 1.29 is 4.74 Å². The second-order valence-electron chi connectivity index (χ2n) is 6.65. The monoisotopic (exact) mass is 429 g/mol. The molecule has 128 valence electrons. The number of nitrogens with zero attached hydrogens (tertiary/aromatic N) is 2. The lowest BCUT2D eigenvalue weighted by molar-refractivity contribution is 0.119. The van der Waals surface area contributed by atoms with E-state index in [-0.39, 0.29) is 24.0 Å². The Morgan fingerprint density at radius 3 is 2.74 bits per heavy atom. The number of hydrogen-bond acceptors (Lipinski definition) is 2. The maximum absolute atomic E-state index is 6.18. The summed E-state index contributed by atoms with van der Waals surface area (Å²) in [5.41, 5.74) is 7.31. The summed E-state index contributed by atoms with van der Waals surface area (Å²) in [7, 11) is 0. The third kappa shape index (κ3) is 4.99. The van der Waals surface area contributed by atoms with Crippen molar-refractivity contribution in [3.8, 4) is 5.75 Å². The van der Waals surface area contributed by atoms with Crippen LogP contribution in [0.5, 0.6) is 5.75 Å². The highest BCUT2D eigenvalue weighted by Crippen LogP contribution is 2.28. The number of halogens is 1. The number of benzene rings is 1. The standard InChI is InChI=1S/C18H27N3O.HI/c1-14-6-5-11-21(13-14)18(19)20-12-15-7-2-3-10-17(15)22-16-8-4-9-16;/h2-3,7,10,14,16H,4-6,8-9,11-13H2,1H3,(H2,19,20);1H. The fourth-order valence-corrected chi connectivity index (χ4v) is 3.08. The van der Waals surface area contributed by atoms with E-state index in [2.05, 4.69) is 22.9 Å². The van der Waals surface area contributed by atoms with E-state index >= 15 is 0 Å². The number of aliphatic imine (C=N–C) groups is 1. The van der Waals surface area contributed by atoms with Crippen LogP contribution in [0.25, 0.3) is 0 Å². The first-order chi connectivity index (χ1) is 10.7. The summed E-state index contributed by atoms with van der Waals surface area (Å²) >= 11 is 0. The lowest BCUT2D eigenvalue weighted by Crippen LogP contribution is -2.43. The molecule has 0 bridgehead atoms. The molecule has 3 rings (SSSR count). The van der Waals surface area contributed by atoms with Gasteiger partial charge in [-0.3, -0.25) is 0 Å². The Kier molecular flexibility index (Phi) is 6.99. The van der Waals surface area contributed by atoms with E-state index in [1.54, 1.807) is 0 Å². The Labute approximate surface area is 156 Å². The van der Waals surface area contributed by atoms with Crippen LogP contribution >= 0.6 is 24.0 Å². The van der Waals surface area contributed by atoms with Crippen LogP contribution in [0.4, 0.5) is 0 Å². The van der Waals surface area contributed by atoms with Crippen molar-refractivity contribution in [1.82, 2.24) is 4.90 Å². The normalized spacial score (nSPS) is 22.2. The minimum atomic E-state index is 0. The Balaban J connectivity index is 0.00000192. The van der Waals surface area contributed by atoms with E-state index in [0.717, 1.165) is 24.4 Å². The fraction of sp³-hybridized carbons (Fsp3) is 0.611. The van der Waals surface area contributed by atoms with Crippen LogP contribution in [0.15, 0.2) is 29.3 Å². The summed E-state index contributed by atoms with van der Waals surface area (Å²) in [4.78, 5) is 6.82. The maximum Gasteiger partial charge on any atom is 0.191 e. The number of para-hydroxylation sites is 1. The molecule has 4 nitrogen and oxygen atoms in total. The topological polar surface area (TPSA) is 50.8 Å². The average Bonchev–Trinajstić information content (AvgIpc) is 2.49. The lowest BCUT2D eigenvalue weighted by Gasteiger charge is -2.31. The highest BCUT2D eigenvalue weighted by Gasteiger charge is 2.20. The van der Waals surface area contributed by atoms with Gasteiger partial charge in [-0.2, -0.15) is 0 Å². The van der Waals surface area contributed by atoms with Gasteiger partial charge in [0.05, 0.1) is 12.6 Å². The third-order valence-electron chi connectivity index (χ3n) is 4.71. The van der Waals surface area contributed by atoms with Crippen LogP contribution in [0.1, 0.15) is 44.6 Å². The van der Waals surface area contributed by atoms with E-state index in [0.29, 0.717) is 24.5 Å². The number of piperidine rings is 1. The second-order valence-corrected chi connectivity index (χ2v) is 6.65. The molecule has 1 aromatic rings. The van der Waals surface area contributed by atoms with Crippen LogP contribution in [-0.2, 0) is 6.54 Å². The van der Waals surface area contributed by atoms with Gasteiger partial charge in [0.1, 0.15) is 5.75 Å². The fourth-order valence-electron chi connectivity index (χ4n) is 3.08. The van der Waals surface area contributed by atoms with Gasteiger partial charge in [0.2, 0.25) is 0 Å². The predicted octanol–water partition coefficient (Wildman–Crippen LogP) is 3.78. The van der Waals surface area contributed by atoms with Gasteiger partial charge in [-0.05, 0) is 44.1 Å². The van der Waals surface area contributed by atoms with E-state index in [9.17, 15) is 0 Å². The quantitative estimate of drug-likeness (QED) is 0.450. The lowest BCUT2D eigenvalue weighted by atomic mass is 9.96. The van der Waals surface area contributed by atoms with Crippen molar-refractivity contribution in [3.05, 3.63) is 29.8 Å². The summed E-state index contributed by atoms with van der Waals surface area (Å²) in [6.45, 7) is 4.93. The third-order valence-corrected chi connectivity index (χ3v) is 4.71. The summed E-state index contributed by atoms with van der Waals surface area (Å²) in [6, 6.07) is 8.19. The molecule has 1 atom stereocenters. The molecule has 2 N–H and O–H groups in total. The van der Waals surface area contributed by atoms with Gasteiger partial charge in [-0.1, -0.05) is 25.1 Å². The number of rotatable bonds is 4. The molecule has 1 unspecified atom stereocenters. The number of likely N-dealkylation sites (tertiary alicyclic amines) is 1. The van der Waals surface area contributed by atoms with E-state index < -0.39 is 0 Å². The van der Waals surface area contributed by atoms with Crippen molar-refractivity contribution in [2.75, 3.05) is 13.1 Å². The molecular weight excluding hydrogens is 401 g/mol. The van der Waals surface area contributed by atoms with Crippen LogP contribution in [-0.4, -0.2) is 30.1 Å². The zero-order valence-electron chi connectivity index (χ0n) is 13.9. The zero-order valence-corrected chi connectivity index (χ0v) is 16.2. The molecule has 2 fully saturated rings. The number of guanidine groups is 1. The molecule has 1 aliphatic carbocycles.